The molecule has 0 unspecified atom stereocenters. The summed E-state index contributed by atoms with van der Waals surface area (Å²) in [4.78, 5) is 20.6. The monoisotopic (exact) mass is 242 g/mol. The summed E-state index contributed by atoms with van der Waals surface area (Å²) in [5.41, 5.74) is 9.73. The molecule has 0 heterocycles. The van der Waals surface area contributed by atoms with Gasteiger partial charge < -0.3 is 26.8 Å². The first kappa shape index (κ1) is 14.8. The number of nitrogens with one attached hydrogen (secondary N) is 2. The zero-order valence-electron chi connectivity index (χ0n) is 9.52. The number of amides is 4. The first-order valence-corrected chi connectivity index (χ1v) is 5.15. The number of primary amides is 2. The Hall–Kier alpha value is -2.18. The van der Waals surface area contributed by atoms with E-state index >= 15 is 0 Å². The van der Waals surface area contributed by atoms with E-state index in [1.54, 1.807) is 12.2 Å². The summed E-state index contributed by atoms with van der Waals surface area (Å²) in [5.74, 6) is 0. The highest BCUT2D eigenvalue weighted by molar-refractivity contribution is 5.71. The van der Waals surface area contributed by atoms with Crippen molar-refractivity contribution in [3.8, 4) is 0 Å². The van der Waals surface area contributed by atoms with Crippen molar-refractivity contribution in [2.75, 3.05) is 13.1 Å². The quantitative estimate of drug-likeness (QED) is 0.358. The molecule has 0 bridgehead atoms. The van der Waals surface area contributed by atoms with Gasteiger partial charge in [-0.1, -0.05) is 0 Å². The van der Waals surface area contributed by atoms with Gasteiger partial charge >= 0.3 is 12.1 Å². The molecule has 0 aromatic rings. The molecule has 7 heteroatoms. The van der Waals surface area contributed by atoms with Gasteiger partial charge in [0.1, 0.15) is 0 Å². The standard InChI is InChI=1S/C10H18N4O3/c11-9(15)13-5-1-3-7-17-8-4-2-6-14-10(12)16/h3-4,7-8H,1-2,5-6H2,(H3,11,13,15)(H3,12,14,16). The van der Waals surface area contributed by atoms with Crippen LogP contribution in [0.1, 0.15) is 12.8 Å². The maximum absolute atomic E-state index is 10.3. The molecule has 17 heavy (non-hydrogen) atoms. The van der Waals surface area contributed by atoms with Gasteiger partial charge in [-0.05, 0) is 25.0 Å². The van der Waals surface area contributed by atoms with E-state index in [-0.39, 0.29) is 0 Å². The topological polar surface area (TPSA) is 119 Å². The molecule has 7 nitrogen and oxygen atoms in total. The molecule has 0 saturated heterocycles. The Balaban J connectivity index is 3.31. The number of carbonyl (C=O) groups is 2. The van der Waals surface area contributed by atoms with Crippen molar-refractivity contribution in [2.45, 2.75) is 12.8 Å². The summed E-state index contributed by atoms with van der Waals surface area (Å²) in [6.07, 6.45) is 7.78. The number of ether oxygens (including phenoxy) is 1. The fraction of sp³-hybridized carbons (Fsp3) is 0.400. The molecule has 96 valence electrons. The molecule has 0 saturated carbocycles. The molecule has 0 spiro atoms. The lowest BCUT2D eigenvalue weighted by Gasteiger charge is -1.97. The number of carbonyl (C=O) groups excluding carboxylic acids is 2. The van der Waals surface area contributed by atoms with E-state index in [2.05, 4.69) is 10.6 Å². The molecule has 0 aliphatic heterocycles. The number of nitrogens with two attached hydrogens (primary N) is 2. The van der Waals surface area contributed by atoms with Crippen LogP contribution < -0.4 is 22.1 Å². The van der Waals surface area contributed by atoms with Crippen LogP contribution in [0.5, 0.6) is 0 Å². The molecule has 0 rings (SSSR count). The van der Waals surface area contributed by atoms with Crippen LogP contribution in [0.4, 0.5) is 9.59 Å². The first-order chi connectivity index (χ1) is 8.13. The summed E-state index contributed by atoms with van der Waals surface area (Å²) >= 11 is 0. The fourth-order valence-corrected chi connectivity index (χ4v) is 0.850. The first-order valence-electron chi connectivity index (χ1n) is 5.15. The minimum absolute atomic E-state index is 0.474. The predicted octanol–water partition coefficient (Wildman–Crippen LogP) is 0.147. The van der Waals surface area contributed by atoms with E-state index in [4.69, 9.17) is 16.2 Å². The molecular weight excluding hydrogens is 224 g/mol. The van der Waals surface area contributed by atoms with Gasteiger partial charge in [0.25, 0.3) is 0 Å². The lowest BCUT2D eigenvalue weighted by molar-refractivity contribution is 0.248. The molecule has 0 atom stereocenters. The number of urea groups is 2. The number of rotatable bonds is 8. The minimum Gasteiger partial charge on any atom is -0.473 e. The van der Waals surface area contributed by atoms with E-state index in [1.807, 2.05) is 0 Å². The van der Waals surface area contributed by atoms with Crippen LogP contribution in [0.3, 0.4) is 0 Å². The Bertz CT molecular complexity index is 261. The molecule has 0 aliphatic carbocycles. The van der Waals surface area contributed by atoms with Gasteiger partial charge in [0, 0.05) is 13.1 Å². The second kappa shape index (κ2) is 10.3. The van der Waals surface area contributed by atoms with Gasteiger partial charge in [0.2, 0.25) is 0 Å². The maximum Gasteiger partial charge on any atom is 0.312 e. The van der Waals surface area contributed by atoms with Crippen LogP contribution in [-0.2, 0) is 4.74 Å². The Kier molecular flexibility index (Phi) is 9.02. The van der Waals surface area contributed by atoms with E-state index in [9.17, 15) is 9.59 Å². The Morgan fingerprint density at radius 2 is 1.35 bits per heavy atom. The number of hydrogen-bond acceptors (Lipinski definition) is 3. The van der Waals surface area contributed by atoms with Crippen molar-refractivity contribution in [3.05, 3.63) is 24.7 Å². The van der Waals surface area contributed by atoms with Crippen LogP contribution >= 0.6 is 0 Å². The Labute approximate surface area is 99.9 Å². The third-order valence-corrected chi connectivity index (χ3v) is 1.57. The summed E-state index contributed by atoms with van der Waals surface area (Å²) in [6.45, 7) is 0.947. The highest BCUT2D eigenvalue weighted by Gasteiger charge is 1.87. The van der Waals surface area contributed by atoms with E-state index in [0.717, 1.165) is 0 Å². The lowest BCUT2D eigenvalue weighted by atomic mass is 10.4. The van der Waals surface area contributed by atoms with Crippen LogP contribution in [0.2, 0.25) is 0 Å². The predicted molar refractivity (Wildman–Crippen MR) is 63.8 cm³/mol. The number of hydrogen-bond donors (Lipinski definition) is 4. The van der Waals surface area contributed by atoms with Crippen LogP contribution in [0.25, 0.3) is 0 Å². The van der Waals surface area contributed by atoms with Gasteiger partial charge in [-0.15, -0.1) is 0 Å². The van der Waals surface area contributed by atoms with Crippen molar-refractivity contribution >= 4 is 12.1 Å². The van der Waals surface area contributed by atoms with Crippen LogP contribution in [-0.4, -0.2) is 25.2 Å². The third-order valence-electron chi connectivity index (χ3n) is 1.57. The van der Waals surface area contributed by atoms with E-state index in [0.29, 0.717) is 25.9 Å². The van der Waals surface area contributed by atoms with Gasteiger partial charge in [0.05, 0.1) is 12.5 Å². The molecule has 0 aromatic carbocycles. The average molecular weight is 242 g/mol. The second-order valence-electron chi connectivity index (χ2n) is 3.04. The summed E-state index contributed by atoms with van der Waals surface area (Å²) in [6, 6.07) is -1.08. The van der Waals surface area contributed by atoms with Crippen LogP contribution in [0.15, 0.2) is 24.7 Å². The normalized spacial score (nSPS) is 10.6. The Morgan fingerprint density at radius 3 is 1.71 bits per heavy atom. The largest absolute Gasteiger partial charge is 0.473 e. The molecule has 6 N–H and O–H groups in total. The molecule has 0 fully saturated rings. The highest BCUT2D eigenvalue weighted by atomic mass is 16.5. The smallest absolute Gasteiger partial charge is 0.312 e. The molecule has 0 aliphatic rings. The summed E-state index contributed by atoms with van der Waals surface area (Å²) in [5, 5.41) is 4.87. The molecule has 0 aromatic heterocycles. The third kappa shape index (κ3) is 13.8. The van der Waals surface area contributed by atoms with Gasteiger partial charge in [-0.25, -0.2) is 9.59 Å². The van der Waals surface area contributed by atoms with Crippen molar-refractivity contribution < 1.29 is 14.3 Å². The summed E-state index contributed by atoms with van der Waals surface area (Å²) in [7, 11) is 0. The van der Waals surface area contributed by atoms with Crippen LogP contribution in [0, 0.1) is 0 Å². The van der Waals surface area contributed by atoms with Crippen molar-refractivity contribution in [1.29, 1.82) is 0 Å². The molecular formula is C10H18N4O3. The van der Waals surface area contributed by atoms with Gasteiger partial charge in [-0.3, -0.25) is 0 Å². The van der Waals surface area contributed by atoms with Crippen molar-refractivity contribution in [2.24, 2.45) is 11.5 Å². The van der Waals surface area contributed by atoms with Gasteiger partial charge in [-0.2, -0.15) is 0 Å². The average Bonchev–Trinajstić information content (AvgIpc) is 2.25. The Morgan fingerprint density at radius 1 is 0.941 bits per heavy atom. The van der Waals surface area contributed by atoms with Gasteiger partial charge in [0.15, 0.2) is 0 Å². The molecule has 4 amide bonds. The van der Waals surface area contributed by atoms with E-state index < -0.39 is 12.1 Å². The summed E-state index contributed by atoms with van der Waals surface area (Å²) < 4.78 is 5.00. The maximum atomic E-state index is 10.3. The van der Waals surface area contributed by atoms with Crippen molar-refractivity contribution in [3.63, 3.8) is 0 Å². The fourth-order valence-electron chi connectivity index (χ4n) is 0.850. The zero-order chi connectivity index (χ0) is 12.9. The lowest BCUT2D eigenvalue weighted by Crippen LogP contribution is -2.29. The second-order valence-corrected chi connectivity index (χ2v) is 3.04. The zero-order valence-corrected chi connectivity index (χ0v) is 9.52. The SMILES string of the molecule is NC(=O)NCCC=COC=CCCNC(N)=O. The molecule has 0 radical (unpaired) electrons. The minimum atomic E-state index is -0.541. The van der Waals surface area contributed by atoms with E-state index in [1.165, 1.54) is 12.5 Å². The van der Waals surface area contributed by atoms with Crippen molar-refractivity contribution in [1.82, 2.24) is 10.6 Å². The highest BCUT2D eigenvalue weighted by Crippen LogP contribution is 1.87.